The van der Waals surface area contributed by atoms with Gasteiger partial charge in [-0.05, 0) is 44.9 Å². The highest BCUT2D eigenvalue weighted by Gasteiger charge is 2.20. The summed E-state index contributed by atoms with van der Waals surface area (Å²) >= 11 is 0. The van der Waals surface area contributed by atoms with Crippen molar-refractivity contribution in [1.82, 2.24) is 0 Å². The summed E-state index contributed by atoms with van der Waals surface area (Å²) in [6.07, 6.45) is 84.0. The minimum absolute atomic E-state index is 0.0639. The second-order valence-electron chi connectivity index (χ2n) is 25.2. The lowest BCUT2D eigenvalue weighted by molar-refractivity contribution is -0.167. The normalized spacial score (nSPS) is 12.0. The van der Waals surface area contributed by atoms with Crippen molar-refractivity contribution in [2.75, 3.05) is 13.2 Å². The summed E-state index contributed by atoms with van der Waals surface area (Å²) in [7, 11) is 0. The van der Waals surface area contributed by atoms with Gasteiger partial charge in [0.25, 0.3) is 0 Å². The predicted octanol–water partition coefficient (Wildman–Crippen LogP) is 25.2. The molecule has 0 aliphatic carbocycles. The van der Waals surface area contributed by atoms with E-state index in [-0.39, 0.29) is 31.1 Å². The second kappa shape index (κ2) is 69.6. The number of ether oxygens (including phenoxy) is 3. The van der Waals surface area contributed by atoms with Crippen molar-refractivity contribution < 1.29 is 28.6 Å². The summed E-state index contributed by atoms with van der Waals surface area (Å²) in [6.45, 7) is 6.73. The smallest absolute Gasteiger partial charge is 0.306 e. The van der Waals surface area contributed by atoms with E-state index in [1.165, 1.54) is 327 Å². The van der Waals surface area contributed by atoms with Gasteiger partial charge in [0.2, 0.25) is 0 Å². The molecule has 474 valence electrons. The first-order valence-corrected chi connectivity index (χ1v) is 36.7. The molecule has 0 aliphatic heterocycles. The van der Waals surface area contributed by atoms with Gasteiger partial charge in [0, 0.05) is 19.3 Å². The number of esters is 3. The molecule has 0 N–H and O–H groups in total. The number of unbranched alkanes of at least 4 members (excludes halogenated alkanes) is 56. The van der Waals surface area contributed by atoms with Crippen molar-refractivity contribution in [2.45, 2.75) is 431 Å². The van der Waals surface area contributed by atoms with E-state index in [2.05, 4.69) is 32.9 Å². The van der Waals surface area contributed by atoms with E-state index >= 15 is 0 Å². The Morgan fingerprint density at radius 3 is 0.625 bits per heavy atom. The molecule has 6 nitrogen and oxygen atoms in total. The van der Waals surface area contributed by atoms with Crippen LogP contribution in [0, 0.1) is 0 Å². The van der Waals surface area contributed by atoms with E-state index in [0.29, 0.717) is 19.3 Å². The molecule has 0 aromatic heterocycles. The van der Waals surface area contributed by atoms with Gasteiger partial charge in [-0.25, -0.2) is 0 Å². The first-order chi connectivity index (χ1) is 39.5. The Balaban J connectivity index is 4.14. The molecule has 6 heteroatoms. The van der Waals surface area contributed by atoms with Crippen molar-refractivity contribution in [3.63, 3.8) is 0 Å². The van der Waals surface area contributed by atoms with E-state index in [4.69, 9.17) is 14.2 Å². The summed E-state index contributed by atoms with van der Waals surface area (Å²) < 4.78 is 17.0. The average Bonchev–Trinajstić information content (AvgIpc) is 3.46. The summed E-state index contributed by atoms with van der Waals surface area (Å²) in [4.78, 5) is 38.4. The van der Waals surface area contributed by atoms with Crippen LogP contribution in [-0.2, 0) is 28.6 Å². The van der Waals surface area contributed by atoms with Gasteiger partial charge in [-0.3, -0.25) is 14.4 Å². The Morgan fingerprint density at radius 1 is 0.237 bits per heavy atom. The third kappa shape index (κ3) is 66.9. The van der Waals surface area contributed by atoms with Crippen LogP contribution in [0.5, 0.6) is 0 Å². The molecule has 1 unspecified atom stereocenters. The predicted molar refractivity (Wildman–Crippen MR) is 349 cm³/mol. The van der Waals surface area contributed by atoms with Crippen molar-refractivity contribution in [3.8, 4) is 0 Å². The van der Waals surface area contributed by atoms with Gasteiger partial charge in [-0.15, -0.1) is 0 Å². The lowest BCUT2D eigenvalue weighted by atomic mass is 10.0. The SMILES string of the molecule is CCCCCCCCCC/C=C\CCCCCCCCCCCC(=O)OC(COC(=O)CCCCCCCCCCCCCC)COC(=O)CCCCCCCCCCCCCCCCCCCCCCCCCCCCCCC. The van der Waals surface area contributed by atoms with Crippen LogP contribution >= 0.6 is 0 Å². The number of carbonyl (C=O) groups excluding carboxylic acids is 3. The number of hydrogen-bond acceptors (Lipinski definition) is 6. The molecule has 0 saturated carbocycles. The van der Waals surface area contributed by atoms with Crippen molar-refractivity contribution in [2.24, 2.45) is 0 Å². The maximum Gasteiger partial charge on any atom is 0.306 e. The number of rotatable bonds is 69. The van der Waals surface area contributed by atoms with Crippen LogP contribution < -0.4 is 0 Å². The number of allylic oxidation sites excluding steroid dienone is 2. The van der Waals surface area contributed by atoms with E-state index in [0.717, 1.165) is 57.8 Å². The fourth-order valence-electron chi connectivity index (χ4n) is 11.5. The molecule has 0 saturated heterocycles. The molecule has 0 aromatic carbocycles. The molecule has 0 bridgehead atoms. The van der Waals surface area contributed by atoms with Crippen molar-refractivity contribution in [1.29, 1.82) is 0 Å². The van der Waals surface area contributed by atoms with Crippen LogP contribution in [0.15, 0.2) is 12.2 Å². The molecule has 0 aliphatic rings. The third-order valence-electron chi connectivity index (χ3n) is 17.0. The molecule has 0 amide bonds. The highest BCUT2D eigenvalue weighted by molar-refractivity contribution is 5.71. The van der Waals surface area contributed by atoms with Crippen LogP contribution in [0.1, 0.15) is 425 Å². The zero-order valence-electron chi connectivity index (χ0n) is 54.6. The molecule has 0 rings (SSSR count). The van der Waals surface area contributed by atoms with Crippen LogP contribution in [0.4, 0.5) is 0 Å². The Labute approximate surface area is 501 Å². The first-order valence-electron chi connectivity index (χ1n) is 36.7. The molecule has 0 fully saturated rings. The lowest BCUT2D eigenvalue weighted by Crippen LogP contribution is -2.30. The third-order valence-corrected chi connectivity index (χ3v) is 17.0. The zero-order chi connectivity index (χ0) is 57.8. The number of carbonyl (C=O) groups is 3. The van der Waals surface area contributed by atoms with Gasteiger partial charge in [0.15, 0.2) is 6.10 Å². The summed E-state index contributed by atoms with van der Waals surface area (Å²) in [5.74, 6) is -0.831. The molecule has 0 spiro atoms. The maximum atomic E-state index is 12.9. The zero-order valence-corrected chi connectivity index (χ0v) is 54.6. The number of hydrogen-bond donors (Lipinski definition) is 0. The largest absolute Gasteiger partial charge is 0.462 e. The monoisotopic (exact) mass is 1130 g/mol. The highest BCUT2D eigenvalue weighted by Crippen LogP contribution is 2.19. The van der Waals surface area contributed by atoms with Crippen LogP contribution in [0.2, 0.25) is 0 Å². The van der Waals surface area contributed by atoms with Crippen LogP contribution in [0.25, 0.3) is 0 Å². The van der Waals surface area contributed by atoms with Crippen LogP contribution in [-0.4, -0.2) is 37.2 Å². The summed E-state index contributed by atoms with van der Waals surface area (Å²) in [5.41, 5.74) is 0. The molecule has 80 heavy (non-hydrogen) atoms. The van der Waals surface area contributed by atoms with Gasteiger partial charge >= 0.3 is 17.9 Å². The molecule has 0 aromatic rings. The molecular weight excluding hydrogens is 985 g/mol. The Bertz CT molecular complexity index is 1250. The Morgan fingerprint density at radius 2 is 0.412 bits per heavy atom. The topological polar surface area (TPSA) is 78.9 Å². The van der Waals surface area contributed by atoms with Crippen molar-refractivity contribution >= 4 is 17.9 Å². The second-order valence-corrected chi connectivity index (χ2v) is 25.2. The molecular formula is C74H142O6. The van der Waals surface area contributed by atoms with E-state index < -0.39 is 6.10 Å². The van der Waals surface area contributed by atoms with E-state index in [1.807, 2.05) is 0 Å². The quantitative estimate of drug-likeness (QED) is 0.0261. The Hall–Kier alpha value is -1.85. The fraction of sp³-hybridized carbons (Fsp3) is 0.932. The first kappa shape index (κ1) is 78.1. The minimum Gasteiger partial charge on any atom is -0.462 e. The molecule has 1 atom stereocenters. The fourth-order valence-corrected chi connectivity index (χ4v) is 11.5. The van der Waals surface area contributed by atoms with Gasteiger partial charge in [0.1, 0.15) is 13.2 Å². The molecule has 0 heterocycles. The van der Waals surface area contributed by atoms with Gasteiger partial charge in [-0.2, -0.15) is 0 Å². The van der Waals surface area contributed by atoms with E-state index in [1.54, 1.807) is 0 Å². The van der Waals surface area contributed by atoms with E-state index in [9.17, 15) is 14.4 Å². The average molecular weight is 1130 g/mol. The van der Waals surface area contributed by atoms with Crippen molar-refractivity contribution in [3.05, 3.63) is 12.2 Å². The van der Waals surface area contributed by atoms with Crippen LogP contribution in [0.3, 0.4) is 0 Å². The maximum absolute atomic E-state index is 12.9. The van der Waals surface area contributed by atoms with Gasteiger partial charge in [0.05, 0.1) is 0 Å². The molecule has 0 radical (unpaired) electrons. The Kier molecular flexibility index (Phi) is 68.0. The summed E-state index contributed by atoms with van der Waals surface area (Å²) in [6, 6.07) is 0. The minimum atomic E-state index is -0.767. The van der Waals surface area contributed by atoms with Gasteiger partial charge < -0.3 is 14.2 Å². The standard InChI is InChI=1S/C74H142O6/c1-4-7-10-13-16-19-22-25-27-29-31-33-34-35-36-37-38-39-40-42-43-45-47-49-52-55-58-61-64-67-73(76)79-70-71(69-78-72(75)66-63-60-57-54-51-24-21-18-15-12-9-6-3)80-74(77)68-65-62-59-56-53-50-48-46-44-41-32-30-28-26-23-20-17-14-11-8-5-2/h30,32,71H,4-29,31,33-70H2,1-3H3/b32-30-. The van der Waals surface area contributed by atoms with Gasteiger partial charge in [-0.1, -0.05) is 373 Å². The lowest BCUT2D eigenvalue weighted by Gasteiger charge is -2.18. The summed E-state index contributed by atoms with van der Waals surface area (Å²) in [5, 5.41) is 0. The highest BCUT2D eigenvalue weighted by atomic mass is 16.6.